The Morgan fingerprint density at radius 3 is 1.84 bits per heavy atom. The molecule has 0 unspecified atom stereocenters. The van der Waals surface area contributed by atoms with Crippen LogP contribution in [0.5, 0.6) is 0 Å². The van der Waals surface area contributed by atoms with E-state index in [1.54, 1.807) is 48.5 Å². The van der Waals surface area contributed by atoms with Crippen LogP contribution in [0, 0.1) is 26.7 Å². The van der Waals surface area contributed by atoms with E-state index in [-0.39, 0.29) is 11.8 Å². The number of rotatable bonds is 5. The maximum Gasteiger partial charge on any atom is 0.262 e. The second-order valence-corrected chi connectivity index (χ2v) is 11.8. The lowest BCUT2D eigenvalue weighted by molar-refractivity contribution is -0.145. The standard InChI is InChI=1S/C36H32N4O4/c1-21-19-22(2)27(23(3)20-21)31-28-32(36(44)38(34(28)42)26-17-11-6-12-18-26)40-35(43)29(37-33(41)25-15-9-5-10-16-25)30(39(31)40)24-13-7-4-8-14-24/h4-20,28-32H,1-3H3,(H,37,41)/t28-,29-,30-,31-,32+/m1/s1. The number of nitrogens with one attached hydrogen (secondary N) is 1. The quantitative estimate of drug-likeness (QED) is 0.340. The number of nitrogens with zero attached hydrogens (tertiary/aromatic N) is 3. The van der Waals surface area contributed by atoms with Gasteiger partial charge in [0, 0.05) is 5.56 Å². The lowest BCUT2D eigenvalue weighted by Crippen LogP contribution is -2.48. The highest BCUT2D eigenvalue weighted by molar-refractivity contribution is 6.25. The van der Waals surface area contributed by atoms with E-state index in [4.69, 9.17) is 0 Å². The lowest BCUT2D eigenvalue weighted by Gasteiger charge is -2.35. The number of imide groups is 1. The number of amides is 4. The van der Waals surface area contributed by atoms with Crippen molar-refractivity contribution < 1.29 is 19.2 Å². The second kappa shape index (κ2) is 10.6. The minimum atomic E-state index is -1.05. The molecule has 0 bridgehead atoms. The van der Waals surface area contributed by atoms with Gasteiger partial charge in [-0.2, -0.15) is 5.01 Å². The number of aryl methyl sites for hydroxylation is 3. The number of hydrogen-bond donors (Lipinski definition) is 1. The van der Waals surface area contributed by atoms with Gasteiger partial charge in [-0.25, -0.2) is 4.90 Å². The van der Waals surface area contributed by atoms with E-state index in [1.165, 1.54) is 9.91 Å². The molecule has 3 fully saturated rings. The summed E-state index contributed by atoms with van der Waals surface area (Å²) in [7, 11) is 0. The van der Waals surface area contributed by atoms with E-state index in [0.29, 0.717) is 11.3 Å². The summed E-state index contributed by atoms with van der Waals surface area (Å²) in [4.78, 5) is 57.9. The molecule has 44 heavy (non-hydrogen) atoms. The molecule has 4 aromatic carbocycles. The molecule has 220 valence electrons. The van der Waals surface area contributed by atoms with Crippen LogP contribution in [0.1, 0.15) is 50.3 Å². The molecule has 4 amide bonds. The molecule has 3 aliphatic rings. The highest BCUT2D eigenvalue weighted by Crippen LogP contribution is 2.55. The van der Waals surface area contributed by atoms with E-state index in [1.807, 2.05) is 68.2 Å². The summed E-state index contributed by atoms with van der Waals surface area (Å²) in [5, 5.41) is 6.39. The predicted molar refractivity (Wildman–Crippen MR) is 165 cm³/mol. The number of fused-ring (bicyclic) bond motifs is 3. The van der Waals surface area contributed by atoms with Crippen LogP contribution in [-0.2, 0) is 14.4 Å². The van der Waals surface area contributed by atoms with Gasteiger partial charge in [-0.15, -0.1) is 0 Å². The largest absolute Gasteiger partial charge is 0.338 e. The van der Waals surface area contributed by atoms with Crippen molar-refractivity contribution in [1.29, 1.82) is 0 Å². The van der Waals surface area contributed by atoms with Crippen molar-refractivity contribution in [2.75, 3.05) is 4.90 Å². The first-order valence-electron chi connectivity index (χ1n) is 14.8. The number of anilines is 1. The van der Waals surface area contributed by atoms with Crippen molar-refractivity contribution in [3.8, 4) is 0 Å². The van der Waals surface area contributed by atoms with Crippen molar-refractivity contribution in [2.45, 2.75) is 44.9 Å². The smallest absolute Gasteiger partial charge is 0.262 e. The zero-order valence-corrected chi connectivity index (χ0v) is 24.7. The highest BCUT2D eigenvalue weighted by atomic mass is 16.2. The van der Waals surface area contributed by atoms with E-state index < -0.39 is 41.9 Å². The lowest BCUT2D eigenvalue weighted by atomic mass is 9.83. The third-order valence-corrected chi connectivity index (χ3v) is 9.06. The first-order valence-corrected chi connectivity index (χ1v) is 14.8. The molecule has 0 spiro atoms. The Kier molecular flexibility index (Phi) is 6.66. The Balaban J connectivity index is 1.42. The Morgan fingerprint density at radius 2 is 1.23 bits per heavy atom. The summed E-state index contributed by atoms with van der Waals surface area (Å²) in [6.45, 7) is 6.04. The third-order valence-electron chi connectivity index (χ3n) is 9.06. The topological polar surface area (TPSA) is 90.0 Å². The summed E-state index contributed by atoms with van der Waals surface area (Å²) >= 11 is 0. The minimum absolute atomic E-state index is 0.338. The number of carbonyl (C=O) groups excluding carboxylic acids is 4. The first kappa shape index (κ1) is 27.7. The summed E-state index contributed by atoms with van der Waals surface area (Å²) in [6.07, 6.45) is 0. The molecule has 0 aromatic heterocycles. The third kappa shape index (κ3) is 4.17. The van der Waals surface area contributed by atoms with Gasteiger partial charge in [0.1, 0.15) is 12.1 Å². The van der Waals surface area contributed by atoms with Gasteiger partial charge in [0.05, 0.1) is 23.7 Å². The van der Waals surface area contributed by atoms with E-state index in [9.17, 15) is 19.2 Å². The number of para-hydroxylation sites is 1. The predicted octanol–water partition coefficient (Wildman–Crippen LogP) is 4.82. The number of hydrazine groups is 1. The van der Waals surface area contributed by atoms with Crippen LogP contribution in [0.2, 0.25) is 0 Å². The zero-order chi connectivity index (χ0) is 30.7. The number of carbonyl (C=O) groups is 4. The second-order valence-electron chi connectivity index (χ2n) is 11.8. The van der Waals surface area contributed by atoms with Gasteiger partial charge in [-0.1, -0.05) is 84.4 Å². The Labute approximate surface area is 255 Å². The van der Waals surface area contributed by atoms with E-state index >= 15 is 0 Å². The first-order chi connectivity index (χ1) is 21.3. The van der Waals surface area contributed by atoms with Gasteiger partial charge >= 0.3 is 0 Å². The normalized spacial score (nSPS) is 24.5. The van der Waals surface area contributed by atoms with Gasteiger partial charge in [-0.3, -0.25) is 24.2 Å². The molecule has 0 saturated carbocycles. The Hall–Kier alpha value is -5.08. The van der Waals surface area contributed by atoms with Crippen LogP contribution < -0.4 is 10.2 Å². The highest BCUT2D eigenvalue weighted by Gasteiger charge is 2.69. The van der Waals surface area contributed by atoms with Crippen molar-refractivity contribution in [1.82, 2.24) is 15.3 Å². The molecular weight excluding hydrogens is 552 g/mol. The Morgan fingerprint density at radius 1 is 0.659 bits per heavy atom. The summed E-state index contributed by atoms with van der Waals surface area (Å²) < 4.78 is 0. The fraction of sp³-hybridized carbons (Fsp3) is 0.222. The fourth-order valence-corrected chi connectivity index (χ4v) is 7.42. The Bertz CT molecular complexity index is 1770. The van der Waals surface area contributed by atoms with E-state index in [2.05, 4.69) is 17.4 Å². The maximum absolute atomic E-state index is 14.6. The summed E-state index contributed by atoms with van der Waals surface area (Å²) in [6, 6.07) is 27.9. The van der Waals surface area contributed by atoms with E-state index in [0.717, 1.165) is 27.8 Å². The molecule has 5 atom stereocenters. The van der Waals surface area contributed by atoms with Crippen LogP contribution in [0.3, 0.4) is 0 Å². The molecule has 3 aliphatic heterocycles. The van der Waals surface area contributed by atoms with Gasteiger partial charge in [0.2, 0.25) is 5.91 Å². The van der Waals surface area contributed by atoms with Crippen LogP contribution in [0.4, 0.5) is 5.69 Å². The van der Waals surface area contributed by atoms with Gasteiger partial charge in [-0.05, 0) is 67.3 Å². The molecule has 7 rings (SSSR count). The van der Waals surface area contributed by atoms with Crippen molar-refractivity contribution in [3.05, 3.63) is 137 Å². The van der Waals surface area contributed by atoms with Crippen LogP contribution in [0.15, 0.2) is 103 Å². The molecule has 0 aliphatic carbocycles. The monoisotopic (exact) mass is 584 g/mol. The van der Waals surface area contributed by atoms with Crippen molar-refractivity contribution in [2.24, 2.45) is 5.92 Å². The molecule has 8 heteroatoms. The van der Waals surface area contributed by atoms with Crippen LogP contribution >= 0.6 is 0 Å². The van der Waals surface area contributed by atoms with Crippen LogP contribution in [-0.4, -0.2) is 45.7 Å². The SMILES string of the molecule is Cc1cc(C)c([C@@H]2[C@H]3C(=O)N(c4ccccc4)C(=O)[C@H]3N3C(=O)[C@H](NC(=O)c4ccccc4)[C@@H](c4ccccc4)N23)c(C)c1. The van der Waals surface area contributed by atoms with Crippen LogP contribution in [0.25, 0.3) is 0 Å². The molecule has 8 nitrogen and oxygen atoms in total. The van der Waals surface area contributed by atoms with Gasteiger partial charge in [0.25, 0.3) is 17.7 Å². The zero-order valence-electron chi connectivity index (χ0n) is 24.7. The minimum Gasteiger partial charge on any atom is -0.338 e. The summed E-state index contributed by atoms with van der Waals surface area (Å²) in [5.41, 5.74) is 5.64. The van der Waals surface area contributed by atoms with Gasteiger partial charge < -0.3 is 5.32 Å². The molecule has 0 radical (unpaired) electrons. The van der Waals surface area contributed by atoms with Crippen molar-refractivity contribution >= 4 is 29.3 Å². The molecule has 3 heterocycles. The molecule has 1 N–H and O–H groups in total. The molecule has 3 saturated heterocycles. The molecular formula is C36H32N4O4. The number of benzene rings is 4. The maximum atomic E-state index is 14.6. The van der Waals surface area contributed by atoms with Crippen molar-refractivity contribution in [3.63, 3.8) is 0 Å². The summed E-state index contributed by atoms with van der Waals surface area (Å²) in [5.74, 6) is -2.42. The fourth-order valence-electron chi connectivity index (χ4n) is 7.42. The molecule has 4 aromatic rings. The van der Waals surface area contributed by atoms with Gasteiger partial charge in [0.15, 0.2) is 0 Å². The average Bonchev–Trinajstić information content (AvgIpc) is 3.59. The average molecular weight is 585 g/mol. The number of hydrogen-bond acceptors (Lipinski definition) is 5.